The summed E-state index contributed by atoms with van der Waals surface area (Å²) < 4.78 is 10.2. The maximum absolute atomic E-state index is 12.0. The second-order valence-corrected chi connectivity index (χ2v) is 6.28. The molecule has 0 unspecified atom stereocenters. The average Bonchev–Trinajstić information content (AvgIpc) is 3.06. The third-order valence-corrected chi connectivity index (χ3v) is 3.12. The number of alkyl carbamates (subject to hydrolysis) is 1. The minimum absolute atomic E-state index is 0.102. The summed E-state index contributed by atoms with van der Waals surface area (Å²) in [7, 11) is 0. The first kappa shape index (κ1) is 15.4. The molecule has 0 spiro atoms. The first-order valence-electron chi connectivity index (χ1n) is 7.16. The smallest absolute Gasteiger partial charge is 0.407 e. The van der Waals surface area contributed by atoms with Gasteiger partial charge < -0.3 is 19.8 Å². The predicted molar refractivity (Wildman–Crippen MR) is 76.9 cm³/mol. The van der Waals surface area contributed by atoms with Crippen LogP contribution in [0.3, 0.4) is 0 Å². The average molecular weight is 294 g/mol. The van der Waals surface area contributed by atoms with Crippen LogP contribution in [0.4, 0.5) is 4.79 Å². The topological polar surface area (TPSA) is 80.6 Å². The quantitative estimate of drug-likeness (QED) is 0.873. The molecular weight excluding hydrogens is 272 g/mol. The number of ether oxygens (including phenoxy) is 1. The highest BCUT2D eigenvalue weighted by Gasteiger charge is 2.33. The minimum Gasteiger partial charge on any atom is -0.459 e. The lowest BCUT2D eigenvalue weighted by molar-refractivity contribution is 0.0518. The van der Waals surface area contributed by atoms with Crippen molar-refractivity contribution in [2.24, 2.45) is 5.92 Å². The molecule has 21 heavy (non-hydrogen) atoms. The molecule has 116 valence electrons. The fourth-order valence-electron chi connectivity index (χ4n) is 1.99. The Bertz CT molecular complexity index is 486. The molecule has 1 saturated carbocycles. The van der Waals surface area contributed by atoms with Crippen LogP contribution in [0.15, 0.2) is 22.8 Å². The fraction of sp³-hybridized carbons (Fsp3) is 0.600. The van der Waals surface area contributed by atoms with Gasteiger partial charge in [-0.25, -0.2) is 4.79 Å². The molecule has 2 amide bonds. The summed E-state index contributed by atoms with van der Waals surface area (Å²) in [6.45, 7) is 5.78. The van der Waals surface area contributed by atoms with E-state index in [0.29, 0.717) is 12.5 Å². The molecule has 1 aromatic rings. The van der Waals surface area contributed by atoms with Crippen LogP contribution in [0.2, 0.25) is 0 Å². The van der Waals surface area contributed by atoms with Gasteiger partial charge in [0, 0.05) is 12.6 Å². The maximum Gasteiger partial charge on any atom is 0.407 e. The number of furan rings is 1. The molecule has 0 aromatic carbocycles. The van der Waals surface area contributed by atoms with E-state index in [2.05, 4.69) is 10.6 Å². The molecule has 2 N–H and O–H groups in total. The lowest BCUT2D eigenvalue weighted by Gasteiger charge is -2.22. The monoisotopic (exact) mass is 294 g/mol. The molecule has 0 bridgehead atoms. The zero-order valence-electron chi connectivity index (χ0n) is 12.6. The zero-order chi connectivity index (χ0) is 15.5. The van der Waals surface area contributed by atoms with Crippen molar-refractivity contribution in [1.82, 2.24) is 10.6 Å². The van der Waals surface area contributed by atoms with Crippen LogP contribution in [-0.2, 0) is 4.74 Å². The number of nitrogens with one attached hydrogen (secondary N) is 2. The van der Waals surface area contributed by atoms with E-state index in [9.17, 15) is 9.59 Å². The fourth-order valence-corrected chi connectivity index (χ4v) is 1.99. The summed E-state index contributed by atoms with van der Waals surface area (Å²) in [5, 5.41) is 5.60. The lowest BCUT2D eigenvalue weighted by atomic mass is 10.2. The molecular formula is C15H22N2O4. The van der Waals surface area contributed by atoms with Crippen molar-refractivity contribution in [2.45, 2.75) is 45.3 Å². The van der Waals surface area contributed by atoms with Gasteiger partial charge in [-0.1, -0.05) is 0 Å². The van der Waals surface area contributed by atoms with Crippen LogP contribution in [0, 0.1) is 5.92 Å². The second kappa shape index (κ2) is 6.20. The molecule has 1 fully saturated rings. The van der Waals surface area contributed by atoms with E-state index in [1.807, 2.05) is 20.8 Å². The number of hydrogen-bond acceptors (Lipinski definition) is 4. The Morgan fingerprint density at radius 1 is 1.43 bits per heavy atom. The normalized spacial score (nSPS) is 16.1. The third kappa shape index (κ3) is 5.13. The van der Waals surface area contributed by atoms with Crippen LogP contribution in [0.5, 0.6) is 0 Å². The third-order valence-electron chi connectivity index (χ3n) is 3.12. The number of amides is 2. The number of carbonyl (C=O) groups is 2. The Hall–Kier alpha value is -1.98. The minimum atomic E-state index is -0.531. The first-order chi connectivity index (χ1) is 9.85. The number of hydrogen-bond donors (Lipinski definition) is 2. The Kier molecular flexibility index (Phi) is 4.55. The van der Waals surface area contributed by atoms with Crippen LogP contribution in [0.25, 0.3) is 0 Å². The molecule has 0 radical (unpaired) electrons. The molecule has 0 aliphatic heterocycles. The van der Waals surface area contributed by atoms with Crippen molar-refractivity contribution >= 4 is 12.0 Å². The van der Waals surface area contributed by atoms with Crippen molar-refractivity contribution in [1.29, 1.82) is 0 Å². The van der Waals surface area contributed by atoms with Crippen LogP contribution in [0.1, 0.15) is 44.2 Å². The van der Waals surface area contributed by atoms with E-state index in [4.69, 9.17) is 9.15 Å². The number of carbonyl (C=O) groups excluding carboxylic acids is 2. The molecule has 1 heterocycles. The molecule has 1 atom stereocenters. The summed E-state index contributed by atoms with van der Waals surface area (Å²) in [6.07, 6.45) is 3.10. The zero-order valence-corrected chi connectivity index (χ0v) is 12.6. The van der Waals surface area contributed by atoms with Crippen LogP contribution < -0.4 is 10.6 Å². The number of rotatable bonds is 5. The SMILES string of the molecule is CC(C)(C)OC(=O)NC[C@@H](NC(=O)c1ccco1)C1CC1. The van der Waals surface area contributed by atoms with E-state index >= 15 is 0 Å². The van der Waals surface area contributed by atoms with E-state index < -0.39 is 11.7 Å². The van der Waals surface area contributed by atoms with E-state index in [1.54, 1.807) is 12.1 Å². The first-order valence-corrected chi connectivity index (χ1v) is 7.16. The van der Waals surface area contributed by atoms with Gasteiger partial charge in [0.1, 0.15) is 5.60 Å². The van der Waals surface area contributed by atoms with Gasteiger partial charge in [0.25, 0.3) is 5.91 Å². The van der Waals surface area contributed by atoms with E-state index in [0.717, 1.165) is 12.8 Å². The summed E-state index contributed by atoms with van der Waals surface area (Å²) in [4.78, 5) is 23.6. The van der Waals surface area contributed by atoms with Crippen molar-refractivity contribution in [3.63, 3.8) is 0 Å². The van der Waals surface area contributed by atoms with Crippen LogP contribution in [-0.4, -0.2) is 30.2 Å². The van der Waals surface area contributed by atoms with Crippen molar-refractivity contribution < 1.29 is 18.7 Å². The molecule has 6 nitrogen and oxygen atoms in total. The Morgan fingerprint density at radius 3 is 2.67 bits per heavy atom. The molecule has 1 aliphatic carbocycles. The van der Waals surface area contributed by atoms with Gasteiger partial charge in [-0.3, -0.25) is 4.79 Å². The Morgan fingerprint density at radius 2 is 2.14 bits per heavy atom. The van der Waals surface area contributed by atoms with Crippen molar-refractivity contribution in [2.75, 3.05) is 6.54 Å². The lowest BCUT2D eigenvalue weighted by Crippen LogP contribution is -2.46. The van der Waals surface area contributed by atoms with Crippen molar-refractivity contribution in [3.8, 4) is 0 Å². The molecule has 1 aliphatic rings. The predicted octanol–water partition coefficient (Wildman–Crippen LogP) is 2.31. The highest BCUT2D eigenvalue weighted by Crippen LogP contribution is 2.32. The molecule has 0 saturated heterocycles. The Balaban J connectivity index is 1.83. The van der Waals surface area contributed by atoms with Crippen LogP contribution >= 0.6 is 0 Å². The van der Waals surface area contributed by atoms with Crippen molar-refractivity contribution in [3.05, 3.63) is 24.2 Å². The summed E-state index contributed by atoms with van der Waals surface area (Å²) in [5.74, 6) is 0.416. The van der Waals surface area contributed by atoms with Gasteiger partial charge >= 0.3 is 6.09 Å². The van der Waals surface area contributed by atoms with Gasteiger partial charge in [0.2, 0.25) is 0 Å². The second-order valence-electron chi connectivity index (χ2n) is 6.28. The van der Waals surface area contributed by atoms with Gasteiger partial charge in [-0.15, -0.1) is 0 Å². The van der Waals surface area contributed by atoms with Gasteiger partial charge in [0.15, 0.2) is 5.76 Å². The summed E-state index contributed by atoms with van der Waals surface area (Å²) in [5.41, 5.74) is -0.531. The Labute approximate surface area is 124 Å². The largest absolute Gasteiger partial charge is 0.459 e. The highest BCUT2D eigenvalue weighted by atomic mass is 16.6. The highest BCUT2D eigenvalue weighted by molar-refractivity contribution is 5.91. The standard InChI is InChI=1S/C15H22N2O4/c1-15(2,3)21-14(19)16-9-11(10-6-7-10)17-13(18)12-5-4-8-20-12/h4-5,8,10-11H,6-7,9H2,1-3H3,(H,16,19)(H,17,18)/t11-/m1/s1. The van der Waals surface area contributed by atoms with Gasteiger partial charge in [-0.2, -0.15) is 0 Å². The van der Waals surface area contributed by atoms with Gasteiger partial charge in [-0.05, 0) is 51.7 Å². The summed E-state index contributed by atoms with van der Waals surface area (Å²) >= 11 is 0. The summed E-state index contributed by atoms with van der Waals surface area (Å²) in [6, 6.07) is 3.18. The van der Waals surface area contributed by atoms with E-state index in [-0.39, 0.29) is 17.7 Å². The molecule has 2 rings (SSSR count). The maximum atomic E-state index is 12.0. The van der Waals surface area contributed by atoms with Gasteiger partial charge in [0.05, 0.1) is 6.26 Å². The molecule has 6 heteroatoms. The molecule has 1 aromatic heterocycles. The van der Waals surface area contributed by atoms with E-state index in [1.165, 1.54) is 6.26 Å².